The summed E-state index contributed by atoms with van der Waals surface area (Å²) in [4.78, 5) is 24.0. The summed E-state index contributed by atoms with van der Waals surface area (Å²) in [5, 5.41) is 2.59. The van der Waals surface area contributed by atoms with Crippen molar-refractivity contribution in [3.05, 3.63) is 65.5 Å². The Kier molecular flexibility index (Phi) is 6.51. The van der Waals surface area contributed by atoms with Gasteiger partial charge in [0.15, 0.2) is 0 Å². The van der Waals surface area contributed by atoms with Crippen molar-refractivity contribution in [3.63, 3.8) is 0 Å². The van der Waals surface area contributed by atoms with E-state index in [0.29, 0.717) is 11.3 Å². The molecular weight excluding hydrogens is 325 g/mol. The lowest BCUT2D eigenvalue weighted by molar-refractivity contribution is -0.146. The third-order valence-electron chi connectivity index (χ3n) is 3.39. The van der Waals surface area contributed by atoms with E-state index >= 15 is 0 Å². The number of rotatable bonds is 7. The molecule has 25 heavy (non-hydrogen) atoms. The zero-order valence-electron chi connectivity index (χ0n) is 14.1. The van der Waals surface area contributed by atoms with Crippen LogP contribution in [0.4, 0.5) is 4.39 Å². The van der Waals surface area contributed by atoms with E-state index in [-0.39, 0.29) is 24.9 Å². The summed E-state index contributed by atoms with van der Waals surface area (Å²) in [5.41, 5.74) is 1.44. The Morgan fingerprint density at radius 3 is 2.52 bits per heavy atom. The molecule has 0 fully saturated rings. The van der Waals surface area contributed by atoms with E-state index in [9.17, 15) is 14.0 Å². The van der Waals surface area contributed by atoms with E-state index < -0.39 is 12.0 Å². The van der Waals surface area contributed by atoms with Crippen molar-refractivity contribution in [3.8, 4) is 5.75 Å². The van der Waals surface area contributed by atoms with E-state index in [1.807, 2.05) is 13.0 Å². The van der Waals surface area contributed by atoms with Crippen molar-refractivity contribution in [2.45, 2.75) is 19.9 Å². The molecule has 5 nitrogen and oxygen atoms in total. The molecule has 0 radical (unpaired) electrons. The highest BCUT2D eigenvalue weighted by Gasteiger charge is 2.18. The SMILES string of the molecule is Cc1cccc(C(=O)N[C@@H](C)C(=O)OCCOc2ccc(F)cc2)c1. The normalized spacial score (nSPS) is 11.5. The maximum absolute atomic E-state index is 12.8. The lowest BCUT2D eigenvalue weighted by Gasteiger charge is -2.14. The zero-order valence-corrected chi connectivity index (χ0v) is 14.1. The summed E-state index contributed by atoms with van der Waals surface area (Å²) < 4.78 is 23.1. The number of hydrogen-bond acceptors (Lipinski definition) is 4. The highest BCUT2D eigenvalue weighted by Crippen LogP contribution is 2.10. The predicted octanol–water partition coefficient (Wildman–Crippen LogP) is 2.87. The van der Waals surface area contributed by atoms with Gasteiger partial charge in [-0.15, -0.1) is 0 Å². The lowest BCUT2D eigenvalue weighted by Crippen LogP contribution is -2.40. The Bertz CT molecular complexity index is 730. The predicted molar refractivity (Wildman–Crippen MR) is 91.0 cm³/mol. The first-order valence-electron chi connectivity index (χ1n) is 7.88. The zero-order chi connectivity index (χ0) is 18.2. The molecule has 0 bridgehead atoms. The Morgan fingerprint density at radius 1 is 1.12 bits per heavy atom. The van der Waals surface area contributed by atoms with E-state index in [4.69, 9.17) is 9.47 Å². The molecule has 2 rings (SSSR count). The Labute approximate surface area is 145 Å². The molecule has 1 atom stereocenters. The number of nitrogens with one attached hydrogen (secondary N) is 1. The first-order chi connectivity index (χ1) is 12.0. The highest BCUT2D eigenvalue weighted by atomic mass is 19.1. The van der Waals surface area contributed by atoms with Gasteiger partial charge in [0.05, 0.1) is 0 Å². The van der Waals surface area contributed by atoms with Crippen LogP contribution in [0, 0.1) is 12.7 Å². The van der Waals surface area contributed by atoms with Gasteiger partial charge >= 0.3 is 5.97 Å². The van der Waals surface area contributed by atoms with Gasteiger partial charge in [0.1, 0.15) is 30.8 Å². The molecule has 0 unspecified atom stereocenters. The molecule has 1 N–H and O–H groups in total. The van der Waals surface area contributed by atoms with Crippen LogP contribution in [0.2, 0.25) is 0 Å². The summed E-state index contributed by atoms with van der Waals surface area (Å²) in [7, 11) is 0. The molecule has 2 aromatic carbocycles. The number of hydrogen-bond donors (Lipinski definition) is 1. The number of ether oxygens (including phenoxy) is 2. The lowest BCUT2D eigenvalue weighted by atomic mass is 10.1. The van der Waals surface area contributed by atoms with Gasteiger partial charge in [0.25, 0.3) is 5.91 Å². The largest absolute Gasteiger partial charge is 0.490 e. The molecule has 6 heteroatoms. The Hall–Kier alpha value is -2.89. The summed E-state index contributed by atoms with van der Waals surface area (Å²) in [6, 6.07) is 11.8. The number of esters is 1. The second-order valence-electron chi connectivity index (χ2n) is 5.53. The fraction of sp³-hybridized carbons (Fsp3) is 0.263. The smallest absolute Gasteiger partial charge is 0.328 e. The summed E-state index contributed by atoms with van der Waals surface area (Å²) in [6.45, 7) is 3.60. The minimum Gasteiger partial charge on any atom is -0.490 e. The van der Waals surface area contributed by atoms with E-state index in [0.717, 1.165) is 5.56 Å². The molecule has 0 aromatic heterocycles. The maximum Gasteiger partial charge on any atom is 0.328 e. The molecule has 0 heterocycles. The maximum atomic E-state index is 12.8. The monoisotopic (exact) mass is 345 g/mol. The number of carbonyl (C=O) groups excluding carboxylic acids is 2. The number of benzene rings is 2. The van der Waals surface area contributed by atoms with Crippen LogP contribution in [0.5, 0.6) is 5.75 Å². The van der Waals surface area contributed by atoms with Gasteiger partial charge in [-0.1, -0.05) is 17.7 Å². The van der Waals surface area contributed by atoms with Crippen molar-refractivity contribution in [2.75, 3.05) is 13.2 Å². The molecule has 0 saturated carbocycles. The van der Waals surface area contributed by atoms with Crippen LogP contribution in [0.25, 0.3) is 0 Å². The number of halogens is 1. The summed E-state index contributed by atoms with van der Waals surface area (Å²) in [6.07, 6.45) is 0. The quantitative estimate of drug-likeness (QED) is 0.619. The average Bonchev–Trinajstić information content (AvgIpc) is 2.60. The minimum atomic E-state index is -0.779. The van der Waals surface area contributed by atoms with Crippen LogP contribution >= 0.6 is 0 Å². The van der Waals surface area contributed by atoms with Crippen LogP contribution in [-0.4, -0.2) is 31.1 Å². The van der Waals surface area contributed by atoms with Crippen molar-refractivity contribution >= 4 is 11.9 Å². The number of aryl methyl sites for hydroxylation is 1. The van der Waals surface area contributed by atoms with Crippen molar-refractivity contribution in [1.29, 1.82) is 0 Å². The average molecular weight is 345 g/mol. The molecule has 132 valence electrons. The number of amides is 1. The molecular formula is C19H20FNO4. The van der Waals surface area contributed by atoms with Gasteiger partial charge in [-0.25, -0.2) is 9.18 Å². The summed E-state index contributed by atoms with van der Waals surface area (Å²) in [5.74, 6) is -0.755. The molecule has 0 spiro atoms. The standard InChI is InChI=1S/C19H20FNO4/c1-13-4-3-5-15(12-13)18(22)21-14(2)19(23)25-11-10-24-17-8-6-16(20)7-9-17/h3-9,12,14H,10-11H2,1-2H3,(H,21,22)/t14-/m0/s1. The van der Waals surface area contributed by atoms with Gasteiger partial charge in [0.2, 0.25) is 0 Å². The van der Waals surface area contributed by atoms with Crippen molar-refractivity contribution in [2.24, 2.45) is 0 Å². The van der Waals surface area contributed by atoms with Crippen molar-refractivity contribution in [1.82, 2.24) is 5.32 Å². The molecule has 0 aliphatic heterocycles. The van der Waals surface area contributed by atoms with Gasteiger partial charge in [-0.3, -0.25) is 4.79 Å². The number of carbonyl (C=O) groups is 2. The molecule has 2 aromatic rings. The highest BCUT2D eigenvalue weighted by molar-refractivity contribution is 5.96. The fourth-order valence-corrected chi connectivity index (χ4v) is 2.08. The van der Waals surface area contributed by atoms with Crippen LogP contribution in [0.15, 0.2) is 48.5 Å². The van der Waals surface area contributed by atoms with E-state index in [1.165, 1.54) is 24.3 Å². The Morgan fingerprint density at radius 2 is 1.84 bits per heavy atom. The van der Waals surface area contributed by atoms with E-state index in [2.05, 4.69) is 5.32 Å². The second kappa shape index (κ2) is 8.82. The topological polar surface area (TPSA) is 64.6 Å². The Balaban J connectivity index is 1.72. The van der Waals surface area contributed by atoms with E-state index in [1.54, 1.807) is 25.1 Å². The van der Waals surface area contributed by atoms with Crippen molar-refractivity contribution < 1.29 is 23.5 Å². The first kappa shape index (κ1) is 18.4. The molecule has 0 saturated heterocycles. The second-order valence-corrected chi connectivity index (χ2v) is 5.53. The third-order valence-corrected chi connectivity index (χ3v) is 3.39. The van der Waals surface area contributed by atoms with Gasteiger partial charge < -0.3 is 14.8 Å². The van der Waals surface area contributed by atoms with Crippen LogP contribution in [0.3, 0.4) is 0 Å². The third kappa shape index (κ3) is 5.91. The van der Waals surface area contributed by atoms with Gasteiger partial charge in [-0.05, 0) is 50.2 Å². The molecule has 0 aliphatic carbocycles. The first-order valence-corrected chi connectivity index (χ1v) is 7.88. The fourth-order valence-electron chi connectivity index (χ4n) is 2.08. The van der Waals surface area contributed by atoms with Gasteiger partial charge in [-0.2, -0.15) is 0 Å². The minimum absolute atomic E-state index is 0.0286. The molecule has 0 aliphatic rings. The van der Waals surface area contributed by atoms with Crippen LogP contribution in [0.1, 0.15) is 22.8 Å². The summed E-state index contributed by atoms with van der Waals surface area (Å²) >= 11 is 0. The van der Waals surface area contributed by atoms with Gasteiger partial charge in [0, 0.05) is 5.56 Å². The molecule has 1 amide bonds. The van der Waals surface area contributed by atoms with Crippen LogP contribution < -0.4 is 10.1 Å². The van der Waals surface area contributed by atoms with Crippen LogP contribution in [-0.2, 0) is 9.53 Å².